The molecule has 0 unspecified atom stereocenters. The first-order valence-electron chi connectivity index (χ1n) is 6.56. The lowest BCUT2D eigenvalue weighted by Crippen LogP contribution is -2.34. The number of aromatic nitrogens is 4. The highest BCUT2D eigenvalue weighted by Gasteiger charge is 2.16. The fourth-order valence-electron chi connectivity index (χ4n) is 1.68. The third-order valence-electron chi connectivity index (χ3n) is 2.86. The van der Waals surface area contributed by atoms with Crippen LogP contribution in [0.3, 0.4) is 0 Å². The normalized spacial score (nSPS) is 10.2. The molecular weight excluding hydrogens is 322 g/mol. The molecule has 1 amide bonds. The highest BCUT2D eigenvalue weighted by molar-refractivity contribution is 7.80. The van der Waals surface area contributed by atoms with Crippen molar-refractivity contribution in [2.24, 2.45) is 0 Å². The van der Waals surface area contributed by atoms with Gasteiger partial charge in [0.1, 0.15) is 0 Å². The molecule has 10 nitrogen and oxygen atoms in total. The molecule has 0 aliphatic rings. The number of hydrogen-bond acceptors (Lipinski definition) is 7. The lowest BCUT2D eigenvalue weighted by molar-refractivity contribution is -0.385. The van der Waals surface area contributed by atoms with E-state index in [0.29, 0.717) is 12.1 Å². The van der Waals surface area contributed by atoms with Crippen molar-refractivity contribution in [3.05, 3.63) is 39.4 Å². The maximum absolute atomic E-state index is 12.1. The smallest absolute Gasteiger partial charge is 0.273 e. The Morgan fingerprint density at radius 2 is 2.22 bits per heavy atom. The van der Waals surface area contributed by atoms with Gasteiger partial charge in [-0.2, -0.15) is 4.80 Å². The predicted molar refractivity (Wildman–Crippen MR) is 85.0 cm³/mol. The number of thiocarbonyl (C=S) groups is 1. The summed E-state index contributed by atoms with van der Waals surface area (Å²) in [7, 11) is 0. The second kappa shape index (κ2) is 6.87. The lowest BCUT2D eigenvalue weighted by Gasteiger charge is -2.07. The predicted octanol–water partition coefficient (Wildman–Crippen LogP) is 1.04. The standard InChI is InChI=1S/C12H13N7O3S/c1-3-18-16-11(15-17-18)14-12(23)13-10(20)8-5-4-7(2)9(6-8)19(21)22/h4-6H,3H2,1-2H3,(H2,13,14,16,20,23). The van der Waals surface area contributed by atoms with Gasteiger partial charge in [-0.05, 0) is 37.3 Å². The van der Waals surface area contributed by atoms with Crippen LogP contribution >= 0.6 is 12.2 Å². The van der Waals surface area contributed by atoms with E-state index < -0.39 is 10.8 Å². The van der Waals surface area contributed by atoms with Gasteiger partial charge >= 0.3 is 0 Å². The van der Waals surface area contributed by atoms with Gasteiger partial charge in [0, 0.05) is 17.2 Å². The first-order valence-corrected chi connectivity index (χ1v) is 6.96. The van der Waals surface area contributed by atoms with Crippen molar-refractivity contribution in [1.29, 1.82) is 0 Å². The van der Waals surface area contributed by atoms with Crippen LogP contribution in [0.4, 0.5) is 11.6 Å². The minimum absolute atomic E-state index is 0.0334. The van der Waals surface area contributed by atoms with E-state index in [1.165, 1.54) is 23.0 Å². The molecular formula is C12H13N7O3S. The summed E-state index contributed by atoms with van der Waals surface area (Å²) in [5.74, 6) is -0.430. The SMILES string of the molecule is CCn1nnc(NC(=S)NC(=O)c2ccc(C)c([N+](=O)[O-])c2)n1. The molecule has 0 fully saturated rings. The van der Waals surface area contributed by atoms with Crippen LogP contribution in [0.25, 0.3) is 0 Å². The van der Waals surface area contributed by atoms with Gasteiger partial charge < -0.3 is 0 Å². The molecule has 0 saturated heterocycles. The summed E-state index contributed by atoms with van der Waals surface area (Å²) in [6.07, 6.45) is 0. The Morgan fingerprint density at radius 3 is 2.83 bits per heavy atom. The van der Waals surface area contributed by atoms with Gasteiger partial charge in [-0.3, -0.25) is 25.5 Å². The van der Waals surface area contributed by atoms with Gasteiger partial charge in [0.2, 0.25) is 0 Å². The number of amides is 1. The zero-order chi connectivity index (χ0) is 17.0. The van der Waals surface area contributed by atoms with Crippen LogP contribution in [0.2, 0.25) is 0 Å². The highest BCUT2D eigenvalue weighted by Crippen LogP contribution is 2.19. The lowest BCUT2D eigenvalue weighted by atomic mass is 10.1. The van der Waals surface area contributed by atoms with E-state index >= 15 is 0 Å². The summed E-state index contributed by atoms with van der Waals surface area (Å²) in [6.45, 7) is 3.98. The number of anilines is 1. The minimum atomic E-state index is -0.575. The Bertz CT molecular complexity index is 774. The number of hydrogen-bond donors (Lipinski definition) is 2. The van der Waals surface area contributed by atoms with Gasteiger partial charge in [0.15, 0.2) is 5.11 Å². The van der Waals surface area contributed by atoms with Gasteiger partial charge in [-0.25, -0.2) is 0 Å². The molecule has 1 heterocycles. The van der Waals surface area contributed by atoms with Crippen molar-refractivity contribution in [2.45, 2.75) is 20.4 Å². The number of nitrogens with zero attached hydrogens (tertiary/aromatic N) is 5. The maximum Gasteiger partial charge on any atom is 0.273 e. The van der Waals surface area contributed by atoms with Crippen molar-refractivity contribution in [2.75, 3.05) is 5.32 Å². The quantitative estimate of drug-likeness (QED) is 0.482. The summed E-state index contributed by atoms with van der Waals surface area (Å²) in [6, 6.07) is 4.17. The molecule has 0 aliphatic carbocycles. The topological polar surface area (TPSA) is 128 Å². The fraction of sp³-hybridized carbons (Fsp3) is 0.250. The van der Waals surface area contributed by atoms with E-state index in [-0.39, 0.29) is 22.3 Å². The fourth-order valence-corrected chi connectivity index (χ4v) is 1.87. The molecule has 0 bridgehead atoms. The number of nitro groups is 1. The minimum Gasteiger partial charge on any atom is -0.299 e. The third kappa shape index (κ3) is 4.03. The van der Waals surface area contributed by atoms with E-state index in [1.807, 2.05) is 6.92 Å². The molecule has 120 valence electrons. The summed E-state index contributed by atoms with van der Waals surface area (Å²) >= 11 is 4.97. The molecule has 23 heavy (non-hydrogen) atoms. The Balaban J connectivity index is 2.05. The molecule has 0 saturated carbocycles. The molecule has 2 rings (SSSR count). The number of nitro benzene ring substituents is 1. The number of tetrazole rings is 1. The monoisotopic (exact) mass is 335 g/mol. The van der Waals surface area contributed by atoms with E-state index in [2.05, 4.69) is 26.0 Å². The molecule has 0 aliphatic heterocycles. The molecule has 1 aromatic carbocycles. The molecule has 0 atom stereocenters. The van der Waals surface area contributed by atoms with Crippen LogP contribution in [0.1, 0.15) is 22.8 Å². The van der Waals surface area contributed by atoms with E-state index in [0.717, 1.165) is 0 Å². The number of aryl methyl sites for hydroxylation is 2. The Morgan fingerprint density at radius 1 is 1.48 bits per heavy atom. The van der Waals surface area contributed by atoms with Crippen LogP contribution in [-0.4, -0.2) is 36.2 Å². The van der Waals surface area contributed by atoms with E-state index in [1.54, 1.807) is 6.92 Å². The Labute approximate surface area is 136 Å². The summed E-state index contributed by atoms with van der Waals surface area (Å²) in [4.78, 5) is 23.8. The van der Waals surface area contributed by atoms with Crippen LogP contribution in [0.15, 0.2) is 18.2 Å². The molecule has 1 aromatic heterocycles. The summed E-state index contributed by atoms with van der Waals surface area (Å²) < 4.78 is 0. The van der Waals surface area contributed by atoms with Crippen molar-refractivity contribution in [3.8, 4) is 0 Å². The van der Waals surface area contributed by atoms with Crippen LogP contribution < -0.4 is 10.6 Å². The first-order chi connectivity index (χ1) is 10.9. The summed E-state index contributed by atoms with van der Waals surface area (Å²) in [5, 5.41) is 27.3. The zero-order valence-corrected chi connectivity index (χ0v) is 13.1. The van der Waals surface area contributed by atoms with Gasteiger partial charge in [-0.15, -0.1) is 5.10 Å². The number of carbonyl (C=O) groups is 1. The number of rotatable bonds is 4. The third-order valence-corrected chi connectivity index (χ3v) is 3.06. The van der Waals surface area contributed by atoms with Crippen molar-refractivity contribution < 1.29 is 9.72 Å². The second-order valence-corrected chi connectivity index (χ2v) is 4.88. The zero-order valence-electron chi connectivity index (χ0n) is 12.3. The molecule has 11 heteroatoms. The van der Waals surface area contributed by atoms with Crippen LogP contribution in [-0.2, 0) is 6.54 Å². The molecule has 2 aromatic rings. The van der Waals surface area contributed by atoms with Gasteiger partial charge in [0.25, 0.3) is 17.5 Å². The Hall–Kier alpha value is -2.95. The first kappa shape index (κ1) is 16.4. The van der Waals surface area contributed by atoms with Gasteiger partial charge in [-0.1, -0.05) is 11.2 Å². The highest BCUT2D eigenvalue weighted by atomic mass is 32.1. The van der Waals surface area contributed by atoms with Crippen molar-refractivity contribution in [1.82, 2.24) is 25.5 Å². The largest absolute Gasteiger partial charge is 0.299 e. The average Bonchev–Trinajstić information content (AvgIpc) is 2.94. The second-order valence-electron chi connectivity index (χ2n) is 4.47. The van der Waals surface area contributed by atoms with Crippen molar-refractivity contribution >= 4 is 34.9 Å². The maximum atomic E-state index is 12.1. The molecule has 2 N–H and O–H groups in total. The number of nitrogens with one attached hydrogen (secondary N) is 2. The van der Waals surface area contributed by atoms with Crippen LogP contribution in [0.5, 0.6) is 0 Å². The van der Waals surface area contributed by atoms with E-state index in [4.69, 9.17) is 12.2 Å². The molecule has 0 radical (unpaired) electrons. The van der Waals surface area contributed by atoms with Crippen molar-refractivity contribution in [3.63, 3.8) is 0 Å². The van der Waals surface area contributed by atoms with Crippen LogP contribution in [0, 0.1) is 17.0 Å². The van der Waals surface area contributed by atoms with Gasteiger partial charge in [0.05, 0.1) is 11.5 Å². The number of benzene rings is 1. The average molecular weight is 335 g/mol. The summed E-state index contributed by atoms with van der Waals surface area (Å²) in [5.41, 5.74) is 0.452. The van der Waals surface area contributed by atoms with E-state index in [9.17, 15) is 14.9 Å². The Kier molecular flexibility index (Phi) is 4.91. The number of carbonyl (C=O) groups excluding carboxylic acids is 1. The molecule has 0 spiro atoms.